The number of hydrogen-bond acceptors (Lipinski definition) is 3. The van der Waals surface area contributed by atoms with Crippen molar-refractivity contribution in [1.82, 2.24) is 9.88 Å². The van der Waals surface area contributed by atoms with E-state index < -0.39 is 14.0 Å². The molecule has 0 saturated heterocycles. The Morgan fingerprint density at radius 3 is 2.68 bits per heavy atom. The third-order valence-electron chi connectivity index (χ3n) is 6.47. The normalized spacial score (nSPS) is 19.4. The molecule has 2 aliphatic heterocycles. The number of fused-ring (bicyclic) bond motifs is 5. The molecule has 8 heteroatoms. The van der Waals surface area contributed by atoms with Crippen molar-refractivity contribution < 1.29 is 9.59 Å². The summed E-state index contributed by atoms with van der Waals surface area (Å²) < 4.78 is 2.64. The third-order valence-corrected chi connectivity index (χ3v) is 11.7. The Bertz CT molecular complexity index is 1480. The molecule has 5 nitrogen and oxygen atoms in total. The van der Waals surface area contributed by atoms with Gasteiger partial charge < -0.3 is 0 Å². The molecule has 1 N–H and O–H groups in total. The van der Waals surface area contributed by atoms with Gasteiger partial charge in [-0.1, -0.05) is 6.07 Å². The van der Waals surface area contributed by atoms with E-state index in [0.717, 1.165) is 4.88 Å². The fraction of sp³-hybridized carbons (Fsp3) is 0.174. The van der Waals surface area contributed by atoms with E-state index in [-0.39, 0.29) is 16.5 Å². The van der Waals surface area contributed by atoms with E-state index >= 15 is 0 Å². The molecule has 1 unspecified atom stereocenters. The monoisotopic (exact) mass is 508 g/mol. The van der Waals surface area contributed by atoms with Gasteiger partial charge in [-0.15, -0.1) is 0 Å². The molecular formula is C23H18N3O2SSeSi. The average Bonchev–Trinajstić information content (AvgIpc) is 3.29. The summed E-state index contributed by atoms with van der Waals surface area (Å²) in [5.41, 5.74) is 2.51. The van der Waals surface area contributed by atoms with Gasteiger partial charge in [-0.2, -0.15) is 0 Å². The van der Waals surface area contributed by atoms with Crippen LogP contribution in [0.15, 0.2) is 53.5 Å². The summed E-state index contributed by atoms with van der Waals surface area (Å²) in [6.07, 6.45) is 0.377. The molecule has 2 aliphatic rings. The third kappa shape index (κ3) is 2.62. The van der Waals surface area contributed by atoms with Gasteiger partial charge in [-0.25, -0.2) is 0 Å². The van der Waals surface area contributed by atoms with Crippen molar-refractivity contribution in [1.29, 1.82) is 0 Å². The van der Waals surface area contributed by atoms with Crippen molar-refractivity contribution in [3.8, 4) is 5.00 Å². The molecule has 6 rings (SSSR count). The van der Waals surface area contributed by atoms with Gasteiger partial charge in [0.15, 0.2) is 0 Å². The summed E-state index contributed by atoms with van der Waals surface area (Å²) in [6.45, 7) is 4.78. The van der Waals surface area contributed by atoms with Crippen molar-refractivity contribution in [3.05, 3.63) is 53.4 Å². The maximum absolute atomic E-state index is 12.4. The Hall–Kier alpha value is -2.51. The quantitative estimate of drug-likeness (QED) is 0.335. The summed E-state index contributed by atoms with van der Waals surface area (Å²) in [6, 6.07) is 17.4. The zero-order chi connectivity index (χ0) is 21.5. The number of nitrogens with one attached hydrogen (secondary N) is 1. The number of aromatic nitrogens is 1. The SMILES string of the molecule is C[Si]1(C)c2cc(CC3C(=O)N=C([Se])NC3=O)sc2-n2c3ccccc3c3cccc1c32. The zero-order valence-electron chi connectivity index (χ0n) is 16.9. The topological polar surface area (TPSA) is 63.5 Å². The van der Waals surface area contributed by atoms with Gasteiger partial charge in [0.05, 0.1) is 0 Å². The zero-order valence-corrected chi connectivity index (χ0v) is 20.5. The van der Waals surface area contributed by atoms with E-state index in [9.17, 15) is 9.59 Å². The summed E-state index contributed by atoms with van der Waals surface area (Å²) >= 11 is 4.31. The molecule has 0 fully saturated rings. The Kier molecular flexibility index (Phi) is 4.02. The standard InChI is InChI=1S/C23H18N3O2SSeSi/c1-31(2)17-9-5-7-14-13-6-3-4-8-16(13)26(19(14)17)22-18(31)11-12(29-22)10-15-20(27)24-23(30)25-21(15)28/h3-9,11,15H,10H2,1-2H3,(H,24,25,27,28). The Morgan fingerprint density at radius 2 is 1.87 bits per heavy atom. The molecule has 0 aliphatic carbocycles. The second kappa shape index (κ2) is 6.50. The van der Waals surface area contributed by atoms with Crippen molar-refractivity contribution in [2.24, 2.45) is 10.9 Å². The number of thiophene rings is 1. The average molecular weight is 508 g/mol. The van der Waals surface area contributed by atoms with Gasteiger partial charge >= 0.3 is 186 Å². The Morgan fingerprint density at radius 1 is 1.10 bits per heavy atom. The number of benzene rings is 2. The van der Waals surface area contributed by atoms with Crippen LogP contribution in [0.5, 0.6) is 0 Å². The van der Waals surface area contributed by atoms with E-state index in [0.29, 0.717) is 6.42 Å². The van der Waals surface area contributed by atoms with Crippen LogP contribution in [-0.2, 0) is 16.0 Å². The van der Waals surface area contributed by atoms with Crippen molar-refractivity contribution in [3.63, 3.8) is 0 Å². The van der Waals surface area contributed by atoms with Crippen molar-refractivity contribution >= 4 is 84.2 Å². The maximum atomic E-state index is 12.4. The molecule has 0 saturated carbocycles. The molecule has 4 aromatic rings. The van der Waals surface area contributed by atoms with Crippen LogP contribution in [0.1, 0.15) is 4.88 Å². The Labute approximate surface area is 192 Å². The van der Waals surface area contributed by atoms with E-state index in [1.807, 2.05) is 0 Å². The molecule has 2 aromatic heterocycles. The van der Waals surface area contributed by atoms with Crippen LogP contribution in [0.3, 0.4) is 0 Å². The summed E-state index contributed by atoms with van der Waals surface area (Å²) in [4.78, 5) is 29.8. The number of rotatable bonds is 2. The minimum atomic E-state index is -1.94. The predicted octanol–water partition coefficient (Wildman–Crippen LogP) is 2.32. The van der Waals surface area contributed by atoms with E-state index in [4.69, 9.17) is 0 Å². The van der Waals surface area contributed by atoms with Gasteiger partial charge in [0.25, 0.3) is 0 Å². The molecular weight excluding hydrogens is 489 g/mol. The fourth-order valence-corrected chi connectivity index (χ4v) is 10.3. The second-order valence-electron chi connectivity index (χ2n) is 8.61. The second-order valence-corrected chi connectivity index (χ2v) is 14.9. The molecule has 2 aromatic carbocycles. The molecule has 0 bridgehead atoms. The number of carbonyl (C=O) groups is 2. The number of aliphatic imine (C=N–C) groups is 1. The molecule has 153 valence electrons. The molecule has 2 amide bonds. The summed E-state index contributed by atoms with van der Waals surface area (Å²) in [5.74, 6) is -1.43. The number of hydrogen-bond donors (Lipinski definition) is 1. The van der Waals surface area contributed by atoms with Crippen LogP contribution in [0.2, 0.25) is 13.1 Å². The first kappa shape index (κ1) is 19.2. The van der Waals surface area contributed by atoms with Crippen LogP contribution in [0.25, 0.3) is 26.8 Å². The van der Waals surface area contributed by atoms with Crippen LogP contribution in [-0.4, -0.2) is 45.2 Å². The molecule has 0 spiro atoms. The van der Waals surface area contributed by atoms with Crippen molar-refractivity contribution in [2.75, 3.05) is 0 Å². The van der Waals surface area contributed by atoms with E-state index in [2.05, 4.69) is 92.5 Å². The first-order valence-corrected chi connectivity index (χ1v) is 14.8. The van der Waals surface area contributed by atoms with Gasteiger partial charge in [0.1, 0.15) is 0 Å². The van der Waals surface area contributed by atoms with E-state index in [1.165, 1.54) is 37.2 Å². The number of nitrogens with zero attached hydrogens (tertiary/aromatic N) is 2. The van der Waals surface area contributed by atoms with Gasteiger partial charge in [0.2, 0.25) is 0 Å². The molecule has 1 atom stereocenters. The molecule has 4 heterocycles. The summed E-state index contributed by atoms with van der Waals surface area (Å²) in [5, 5.41) is 9.23. The van der Waals surface area contributed by atoms with Gasteiger partial charge in [-0.3, -0.25) is 0 Å². The van der Waals surface area contributed by atoms with Crippen LogP contribution < -0.4 is 15.7 Å². The molecule has 1 radical (unpaired) electrons. The predicted molar refractivity (Wildman–Crippen MR) is 129 cm³/mol. The Balaban J connectivity index is 1.57. The number of para-hydroxylation sites is 2. The van der Waals surface area contributed by atoms with Crippen LogP contribution in [0.4, 0.5) is 0 Å². The first-order chi connectivity index (χ1) is 14.9. The number of amides is 2. The fourth-order valence-electron chi connectivity index (χ4n) is 4.92. The first-order valence-electron chi connectivity index (χ1n) is 10.1. The number of carbonyl (C=O) groups excluding carboxylic acids is 2. The van der Waals surface area contributed by atoms with Crippen molar-refractivity contribution in [2.45, 2.75) is 19.5 Å². The molecule has 31 heavy (non-hydrogen) atoms. The van der Waals surface area contributed by atoms with E-state index in [1.54, 1.807) is 11.3 Å². The van der Waals surface area contributed by atoms with Gasteiger partial charge in [0, 0.05) is 0 Å². The summed E-state index contributed by atoms with van der Waals surface area (Å²) in [7, 11) is -1.94. The van der Waals surface area contributed by atoms with Gasteiger partial charge in [-0.05, 0) is 0 Å². The number of amidine groups is 1. The van der Waals surface area contributed by atoms with Crippen LogP contribution in [0, 0.1) is 5.92 Å². The van der Waals surface area contributed by atoms with Crippen LogP contribution >= 0.6 is 11.3 Å². The minimum absolute atomic E-state index is 0.252.